The number of nitrogens with zero attached hydrogens (tertiary/aromatic N) is 1. The minimum Gasteiger partial charge on any atom is -0.439 e. The van der Waals surface area contributed by atoms with Crippen LogP contribution in [0, 0.1) is 0 Å². The van der Waals surface area contributed by atoms with Crippen LogP contribution < -0.4 is 5.32 Å². The lowest BCUT2D eigenvalue weighted by molar-refractivity contribution is 0.452. The van der Waals surface area contributed by atoms with Crippen LogP contribution >= 0.6 is 0 Å². The molecule has 3 heteroatoms. The van der Waals surface area contributed by atoms with Crippen molar-refractivity contribution in [1.82, 2.24) is 10.3 Å². The van der Waals surface area contributed by atoms with E-state index in [4.69, 9.17) is 4.42 Å². The molecular formula is C15H14N2O. The smallest absolute Gasteiger partial charge is 0.212 e. The van der Waals surface area contributed by atoms with Crippen molar-refractivity contribution in [2.45, 2.75) is 18.9 Å². The molecule has 0 bridgehead atoms. The van der Waals surface area contributed by atoms with Crippen LogP contribution in [0.1, 0.15) is 24.8 Å². The highest BCUT2D eigenvalue weighted by Gasteiger charge is 2.21. The molecule has 0 amide bonds. The summed E-state index contributed by atoms with van der Waals surface area (Å²) in [4.78, 5) is 4.62. The van der Waals surface area contributed by atoms with E-state index in [0.29, 0.717) is 6.04 Å². The zero-order chi connectivity index (χ0) is 11.9. The van der Waals surface area contributed by atoms with Crippen molar-refractivity contribution in [2.75, 3.05) is 6.54 Å². The third kappa shape index (κ3) is 1.51. The summed E-state index contributed by atoms with van der Waals surface area (Å²) in [7, 11) is 0. The number of benzene rings is 2. The quantitative estimate of drug-likeness (QED) is 0.706. The normalized spacial score (nSPS) is 19.9. The number of fused-ring (bicyclic) bond motifs is 2. The Labute approximate surface area is 105 Å². The van der Waals surface area contributed by atoms with Crippen molar-refractivity contribution in [2.24, 2.45) is 0 Å². The van der Waals surface area contributed by atoms with Crippen LogP contribution in [0.25, 0.3) is 21.9 Å². The van der Waals surface area contributed by atoms with Gasteiger partial charge in [-0.15, -0.1) is 0 Å². The van der Waals surface area contributed by atoms with Crippen molar-refractivity contribution < 1.29 is 4.42 Å². The number of nitrogens with one attached hydrogen (secondary N) is 1. The number of hydrogen-bond donors (Lipinski definition) is 1. The highest BCUT2D eigenvalue weighted by molar-refractivity contribution is 5.94. The van der Waals surface area contributed by atoms with Gasteiger partial charge in [-0.3, -0.25) is 0 Å². The number of hydrogen-bond acceptors (Lipinski definition) is 3. The average Bonchev–Trinajstić information content (AvgIpc) is 3.04. The minimum atomic E-state index is 0.292. The van der Waals surface area contributed by atoms with Gasteiger partial charge in [-0.25, -0.2) is 4.98 Å². The molecule has 0 aliphatic carbocycles. The van der Waals surface area contributed by atoms with E-state index in [1.807, 2.05) is 12.1 Å². The van der Waals surface area contributed by atoms with E-state index in [1.165, 1.54) is 17.2 Å². The first-order chi connectivity index (χ1) is 8.90. The van der Waals surface area contributed by atoms with Gasteiger partial charge in [0.1, 0.15) is 5.52 Å². The predicted octanol–water partition coefficient (Wildman–Crippen LogP) is 3.41. The monoisotopic (exact) mass is 238 g/mol. The first kappa shape index (κ1) is 10.1. The molecule has 1 saturated heterocycles. The number of aromatic nitrogens is 1. The number of oxazole rings is 1. The first-order valence-corrected chi connectivity index (χ1v) is 6.43. The first-order valence-electron chi connectivity index (χ1n) is 6.43. The molecule has 1 aliphatic rings. The van der Waals surface area contributed by atoms with E-state index < -0.39 is 0 Å². The summed E-state index contributed by atoms with van der Waals surface area (Å²) in [6.07, 6.45) is 2.32. The van der Waals surface area contributed by atoms with Gasteiger partial charge in [0, 0.05) is 0 Å². The van der Waals surface area contributed by atoms with Gasteiger partial charge in [-0.05, 0) is 42.3 Å². The maximum absolute atomic E-state index is 5.89. The molecule has 1 unspecified atom stereocenters. The Kier molecular flexibility index (Phi) is 2.14. The van der Waals surface area contributed by atoms with Crippen LogP contribution in [0.2, 0.25) is 0 Å². The predicted molar refractivity (Wildman–Crippen MR) is 71.5 cm³/mol. The van der Waals surface area contributed by atoms with Gasteiger partial charge in [0.2, 0.25) is 5.89 Å². The fraction of sp³-hybridized carbons (Fsp3) is 0.267. The molecule has 1 atom stereocenters. The van der Waals surface area contributed by atoms with E-state index in [-0.39, 0.29) is 0 Å². The third-order valence-electron chi connectivity index (χ3n) is 3.63. The Morgan fingerprint density at radius 2 is 2.00 bits per heavy atom. The van der Waals surface area contributed by atoms with Gasteiger partial charge < -0.3 is 9.73 Å². The molecule has 1 aliphatic heterocycles. The average molecular weight is 238 g/mol. The van der Waals surface area contributed by atoms with E-state index in [0.717, 1.165) is 30.0 Å². The molecule has 0 spiro atoms. The van der Waals surface area contributed by atoms with Crippen LogP contribution in [-0.4, -0.2) is 11.5 Å². The van der Waals surface area contributed by atoms with Crippen molar-refractivity contribution >= 4 is 21.9 Å². The maximum Gasteiger partial charge on any atom is 0.212 e. The van der Waals surface area contributed by atoms with E-state index >= 15 is 0 Å². The van der Waals surface area contributed by atoms with Crippen LogP contribution in [0.5, 0.6) is 0 Å². The Bertz CT molecular complexity index is 658. The second-order valence-electron chi connectivity index (χ2n) is 4.87. The summed E-state index contributed by atoms with van der Waals surface area (Å²) < 4.78 is 5.89. The molecule has 3 nitrogen and oxygen atoms in total. The molecule has 1 N–H and O–H groups in total. The molecule has 4 rings (SSSR count). The van der Waals surface area contributed by atoms with Crippen LogP contribution in [-0.2, 0) is 0 Å². The molecule has 2 heterocycles. The SMILES string of the molecule is c1ccc2cc3oc(C4CCCN4)nc3cc2c1. The second-order valence-corrected chi connectivity index (χ2v) is 4.87. The fourth-order valence-corrected chi connectivity index (χ4v) is 2.68. The summed E-state index contributed by atoms with van der Waals surface area (Å²) in [5, 5.41) is 5.83. The minimum absolute atomic E-state index is 0.292. The molecule has 2 aromatic carbocycles. The Hall–Kier alpha value is -1.87. The van der Waals surface area contributed by atoms with Gasteiger partial charge in [0.25, 0.3) is 0 Å². The van der Waals surface area contributed by atoms with E-state index in [9.17, 15) is 0 Å². The van der Waals surface area contributed by atoms with Gasteiger partial charge in [0.05, 0.1) is 6.04 Å². The standard InChI is InChI=1S/C15H14N2O/c1-2-5-11-9-14-13(8-10(11)4-1)17-15(18-14)12-6-3-7-16-12/h1-2,4-5,8-9,12,16H,3,6-7H2. The molecule has 1 fully saturated rings. The summed E-state index contributed by atoms with van der Waals surface area (Å²) in [6.45, 7) is 1.06. The van der Waals surface area contributed by atoms with Gasteiger partial charge in [0.15, 0.2) is 5.58 Å². The molecule has 3 aromatic rings. The molecule has 0 saturated carbocycles. The zero-order valence-electron chi connectivity index (χ0n) is 10.0. The molecule has 1 aromatic heterocycles. The molecule has 0 radical (unpaired) electrons. The third-order valence-corrected chi connectivity index (χ3v) is 3.63. The van der Waals surface area contributed by atoms with Crippen molar-refractivity contribution in [3.8, 4) is 0 Å². The van der Waals surface area contributed by atoms with Gasteiger partial charge >= 0.3 is 0 Å². The number of rotatable bonds is 1. The van der Waals surface area contributed by atoms with Gasteiger partial charge in [-0.2, -0.15) is 0 Å². The zero-order valence-corrected chi connectivity index (χ0v) is 10.0. The summed E-state index contributed by atoms with van der Waals surface area (Å²) in [5.41, 5.74) is 1.84. The Morgan fingerprint density at radius 3 is 2.78 bits per heavy atom. The highest BCUT2D eigenvalue weighted by Crippen LogP contribution is 2.28. The summed E-state index contributed by atoms with van der Waals surface area (Å²) in [6, 6.07) is 12.8. The molecule has 90 valence electrons. The Morgan fingerprint density at radius 1 is 1.17 bits per heavy atom. The molecule has 18 heavy (non-hydrogen) atoms. The Balaban J connectivity index is 1.90. The van der Waals surface area contributed by atoms with Crippen LogP contribution in [0.15, 0.2) is 40.8 Å². The van der Waals surface area contributed by atoms with E-state index in [2.05, 4.69) is 34.6 Å². The van der Waals surface area contributed by atoms with Crippen molar-refractivity contribution in [3.05, 3.63) is 42.3 Å². The maximum atomic E-state index is 5.89. The van der Waals surface area contributed by atoms with Crippen molar-refractivity contribution in [3.63, 3.8) is 0 Å². The largest absolute Gasteiger partial charge is 0.439 e. The van der Waals surface area contributed by atoms with Crippen LogP contribution in [0.3, 0.4) is 0 Å². The lowest BCUT2D eigenvalue weighted by Crippen LogP contribution is -2.12. The summed E-state index contributed by atoms with van der Waals surface area (Å²) >= 11 is 0. The second kappa shape index (κ2) is 3.82. The lowest BCUT2D eigenvalue weighted by Gasteiger charge is -2.02. The topological polar surface area (TPSA) is 38.1 Å². The van der Waals surface area contributed by atoms with E-state index in [1.54, 1.807) is 0 Å². The van der Waals surface area contributed by atoms with Gasteiger partial charge in [-0.1, -0.05) is 24.3 Å². The fourth-order valence-electron chi connectivity index (χ4n) is 2.68. The van der Waals surface area contributed by atoms with Crippen LogP contribution in [0.4, 0.5) is 0 Å². The highest BCUT2D eigenvalue weighted by atomic mass is 16.3. The van der Waals surface area contributed by atoms with Crippen molar-refractivity contribution in [1.29, 1.82) is 0 Å². The molecular weight excluding hydrogens is 224 g/mol. The lowest BCUT2D eigenvalue weighted by atomic mass is 10.1. The summed E-state index contributed by atoms with van der Waals surface area (Å²) in [5.74, 6) is 0.831.